The summed E-state index contributed by atoms with van der Waals surface area (Å²) in [5.74, 6) is -0.941. The number of hydrogen-bond donors (Lipinski definition) is 3. The molecular weight excluding hydrogens is 461 g/mol. The third-order valence-corrected chi connectivity index (χ3v) is 5.44. The Bertz CT molecular complexity index is 1060. The highest BCUT2D eigenvalue weighted by atomic mass is 32.1. The zero-order chi connectivity index (χ0) is 25.8. The lowest BCUT2D eigenvalue weighted by Crippen LogP contribution is -2.46. The van der Waals surface area contributed by atoms with Gasteiger partial charge in [-0.15, -0.1) is 12.6 Å². The number of phenolic OH excluding ortho intramolecular Hbond substituents is 1. The van der Waals surface area contributed by atoms with Crippen LogP contribution in [0.3, 0.4) is 0 Å². The molecule has 0 heterocycles. The van der Waals surface area contributed by atoms with E-state index < -0.39 is 34.8 Å². The van der Waals surface area contributed by atoms with Gasteiger partial charge in [-0.25, -0.2) is 9.18 Å². The van der Waals surface area contributed by atoms with Crippen LogP contribution in [0.1, 0.15) is 50.8 Å². The van der Waals surface area contributed by atoms with Crippen molar-refractivity contribution in [2.24, 2.45) is 0 Å². The summed E-state index contributed by atoms with van der Waals surface area (Å²) >= 11 is 4.55. The Morgan fingerprint density at radius 1 is 1.12 bits per heavy atom. The van der Waals surface area contributed by atoms with E-state index in [1.54, 1.807) is 53.7 Å². The van der Waals surface area contributed by atoms with Crippen LogP contribution in [-0.2, 0) is 19.1 Å². The first-order valence-electron chi connectivity index (χ1n) is 10.8. The van der Waals surface area contributed by atoms with Crippen molar-refractivity contribution in [1.82, 2.24) is 5.32 Å². The van der Waals surface area contributed by atoms with Gasteiger partial charge in [0.25, 0.3) is 0 Å². The van der Waals surface area contributed by atoms with Crippen LogP contribution in [0.5, 0.6) is 11.5 Å². The maximum atomic E-state index is 15.5. The monoisotopic (exact) mass is 493 g/mol. The van der Waals surface area contributed by atoms with Crippen LogP contribution in [0.4, 0.5) is 9.18 Å². The first-order valence-corrected chi connectivity index (χ1v) is 11.2. The highest BCUT2D eigenvalue weighted by Gasteiger charge is 2.38. The Morgan fingerprint density at radius 3 is 2.29 bits per heavy atom. The molecule has 186 valence electrons. The molecule has 1 atom stereocenters. The number of thiol groups is 1. The fourth-order valence-corrected chi connectivity index (χ4v) is 3.93. The van der Waals surface area contributed by atoms with Gasteiger partial charge in [0.2, 0.25) is 0 Å². The molecule has 7 nitrogen and oxygen atoms in total. The van der Waals surface area contributed by atoms with Crippen molar-refractivity contribution in [3.05, 3.63) is 46.8 Å². The van der Waals surface area contributed by atoms with E-state index >= 15 is 4.39 Å². The molecule has 0 aliphatic heterocycles. The second-order valence-electron chi connectivity index (χ2n) is 8.96. The molecule has 0 saturated heterocycles. The summed E-state index contributed by atoms with van der Waals surface area (Å²) < 4.78 is 31.0. The van der Waals surface area contributed by atoms with E-state index in [1.165, 1.54) is 19.2 Å². The summed E-state index contributed by atoms with van der Waals surface area (Å²) in [5, 5.41) is 13.2. The second-order valence-corrected chi connectivity index (χ2v) is 9.73. The molecule has 0 bridgehead atoms. The fraction of sp³-hybridized carbons (Fsp3) is 0.440. The van der Waals surface area contributed by atoms with Gasteiger partial charge < -0.3 is 24.6 Å². The van der Waals surface area contributed by atoms with Crippen LogP contribution in [0.15, 0.2) is 24.3 Å². The van der Waals surface area contributed by atoms with Gasteiger partial charge in [-0.1, -0.05) is 0 Å². The molecule has 0 aliphatic rings. The van der Waals surface area contributed by atoms with Crippen molar-refractivity contribution < 1.29 is 33.3 Å². The molecule has 0 unspecified atom stereocenters. The van der Waals surface area contributed by atoms with Crippen LogP contribution in [0, 0.1) is 19.7 Å². The minimum Gasteiger partial charge on any atom is -0.507 e. The zero-order valence-electron chi connectivity index (χ0n) is 20.5. The summed E-state index contributed by atoms with van der Waals surface area (Å²) in [7, 11) is 1.49. The van der Waals surface area contributed by atoms with E-state index in [2.05, 4.69) is 17.9 Å². The summed E-state index contributed by atoms with van der Waals surface area (Å²) in [5.41, 5.74) is 0.943. The lowest BCUT2D eigenvalue weighted by molar-refractivity contribution is -0.144. The molecule has 34 heavy (non-hydrogen) atoms. The summed E-state index contributed by atoms with van der Waals surface area (Å²) in [4.78, 5) is 23.2. The number of aromatic hydroxyl groups is 1. The molecule has 0 spiro atoms. The lowest BCUT2D eigenvalue weighted by atomic mass is 9.91. The first-order chi connectivity index (χ1) is 15.7. The summed E-state index contributed by atoms with van der Waals surface area (Å²) in [6, 6.07) is 6.20. The molecule has 0 aliphatic carbocycles. The quantitative estimate of drug-likeness (QED) is 0.272. The Labute approximate surface area is 205 Å². The average molecular weight is 494 g/mol. The van der Waals surface area contributed by atoms with E-state index in [0.29, 0.717) is 22.4 Å². The number of benzene rings is 2. The topological polar surface area (TPSA) is 94.1 Å². The Hall–Kier alpha value is -2.94. The number of carbonyl (C=O) groups is 2. The van der Waals surface area contributed by atoms with Gasteiger partial charge in [0.1, 0.15) is 27.8 Å². The minimum absolute atomic E-state index is 0.0657. The number of amides is 1. The van der Waals surface area contributed by atoms with Crippen molar-refractivity contribution in [2.45, 2.75) is 58.4 Å². The number of aryl methyl sites for hydroxylation is 2. The molecule has 2 N–H and O–H groups in total. The predicted octanol–water partition coefficient (Wildman–Crippen LogP) is 5.38. The maximum absolute atomic E-state index is 15.5. The SMILES string of the molecule is CCOC(=O)C[C@@](S)(NC(=O)OC(C)(C)C)c1cc(-c2c(C)cc(OC)cc2O)cc(C)c1F. The molecule has 2 aromatic carbocycles. The molecule has 0 radical (unpaired) electrons. The number of hydrogen-bond acceptors (Lipinski definition) is 7. The van der Waals surface area contributed by atoms with Gasteiger partial charge in [-0.05, 0) is 76.4 Å². The van der Waals surface area contributed by atoms with Crippen molar-refractivity contribution in [3.63, 3.8) is 0 Å². The molecule has 0 fully saturated rings. The minimum atomic E-state index is -1.80. The van der Waals surface area contributed by atoms with Gasteiger partial charge in [0.15, 0.2) is 0 Å². The Balaban J connectivity index is 2.68. The van der Waals surface area contributed by atoms with Gasteiger partial charge in [-0.2, -0.15) is 0 Å². The number of carbonyl (C=O) groups excluding carboxylic acids is 2. The average Bonchev–Trinajstić information content (AvgIpc) is 2.68. The third kappa shape index (κ3) is 6.56. The van der Waals surface area contributed by atoms with Crippen LogP contribution in [-0.4, -0.2) is 36.5 Å². The van der Waals surface area contributed by atoms with E-state index in [9.17, 15) is 14.7 Å². The number of phenols is 1. The van der Waals surface area contributed by atoms with Gasteiger partial charge in [-0.3, -0.25) is 4.79 Å². The molecule has 0 aromatic heterocycles. The van der Waals surface area contributed by atoms with E-state index in [0.717, 1.165) is 0 Å². The molecule has 1 amide bonds. The first kappa shape index (κ1) is 27.3. The zero-order valence-corrected chi connectivity index (χ0v) is 21.4. The third-order valence-electron chi connectivity index (χ3n) is 4.93. The number of esters is 1. The van der Waals surface area contributed by atoms with E-state index in [1.807, 2.05) is 0 Å². The maximum Gasteiger partial charge on any atom is 0.409 e. The Morgan fingerprint density at radius 2 is 1.76 bits per heavy atom. The molecule has 9 heteroatoms. The largest absolute Gasteiger partial charge is 0.507 e. The molecule has 2 rings (SSSR count). The van der Waals surface area contributed by atoms with E-state index in [-0.39, 0.29) is 23.5 Å². The molecule has 2 aromatic rings. The van der Waals surface area contributed by atoms with Gasteiger partial charge in [0, 0.05) is 17.2 Å². The van der Waals surface area contributed by atoms with E-state index in [4.69, 9.17) is 14.2 Å². The van der Waals surface area contributed by atoms with Crippen molar-refractivity contribution >= 4 is 24.7 Å². The normalized spacial score (nSPS) is 13.1. The number of rotatable bonds is 7. The van der Waals surface area contributed by atoms with Crippen molar-refractivity contribution in [3.8, 4) is 22.6 Å². The lowest BCUT2D eigenvalue weighted by Gasteiger charge is -2.32. The molecular formula is C25H32FNO6S. The van der Waals surface area contributed by atoms with Gasteiger partial charge in [0.05, 0.1) is 20.1 Å². The highest BCUT2D eigenvalue weighted by molar-refractivity contribution is 7.81. The van der Waals surface area contributed by atoms with Crippen LogP contribution >= 0.6 is 12.6 Å². The Kier molecular flexibility index (Phi) is 8.47. The highest BCUT2D eigenvalue weighted by Crippen LogP contribution is 2.41. The van der Waals surface area contributed by atoms with Crippen LogP contribution in [0.25, 0.3) is 11.1 Å². The van der Waals surface area contributed by atoms with Crippen molar-refractivity contribution in [1.29, 1.82) is 0 Å². The number of nitrogens with one attached hydrogen (secondary N) is 1. The number of alkyl carbamates (subject to hydrolysis) is 1. The number of ether oxygens (including phenoxy) is 3. The smallest absolute Gasteiger partial charge is 0.409 e. The van der Waals surface area contributed by atoms with Gasteiger partial charge >= 0.3 is 12.1 Å². The van der Waals surface area contributed by atoms with Crippen LogP contribution < -0.4 is 10.1 Å². The number of methoxy groups -OCH3 is 1. The van der Waals surface area contributed by atoms with Crippen molar-refractivity contribution in [2.75, 3.05) is 13.7 Å². The fourth-order valence-electron chi connectivity index (χ4n) is 3.54. The second kappa shape index (κ2) is 10.5. The predicted molar refractivity (Wildman–Crippen MR) is 131 cm³/mol. The van der Waals surface area contributed by atoms with Crippen LogP contribution in [0.2, 0.25) is 0 Å². The standard InChI is InChI=1S/C25H32FNO6S/c1-8-32-20(29)13-25(34,27-23(30)33-24(4,5)6)18-11-16(9-15(3)22(18)26)21-14(2)10-17(31-7)12-19(21)28/h9-12,28,34H,8,13H2,1-7H3,(H,27,30)/t25-/m0/s1. The summed E-state index contributed by atoms with van der Waals surface area (Å²) in [6.45, 7) is 10.1. The molecule has 0 saturated carbocycles. The summed E-state index contributed by atoms with van der Waals surface area (Å²) in [6.07, 6.45) is -1.34. The number of halogens is 1.